The third-order valence-electron chi connectivity index (χ3n) is 1.92. The van der Waals surface area contributed by atoms with Gasteiger partial charge in [-0.3, -0.25) is 0 Å². The second kappa shape index (κ2) is 4.53. The van der Waals surface area contributed by atoms with Crippen LogP contribution in [-0.4, -0.2) is 12.7 Å². The smallest absolute Gasteiger partial charge is 0.407 e. The number of alkyl carbamates (subject to hydrolysis) is 1. The molecule has 1 fully saturated rings. The molecule has 76 valence electrons. The summed E-state index contributed by atoms with van der Waals surface area (Å²) >= 11 is 5.81. The molecule has 0 bridgehead atoms. The Bertz CT molecular complexity index is 343. The molecule has 1 aromatic carbocycles. The van der Waals surface area contributed by atoms with E-state index in [2.05, 4.69) is 5.32 Å². The summed E-state index contributed by atoms with van der Waals surface area (Å²) in [5.74, 6) is 0. The van der Waals surface area contributed by atoms with E-state index in [9.17, 15) is 4.79 Å². The van der Waals surface area contributed by atoms with Crippen molar-refractivity contribution in [3.8, 4) is 0 Å². The molecule has 0 radical (unpaired) electrons. The van der Waals surface area contributed by atoms with Crippen molar-refractivity contribution >= 4 is 30.1 Å². The van der Waals surface area contributed by atoms with Crippen molar-refractivity contribution in [2.24, 2.45) is 0 Å². The minimum absolute atomic E-state index is 0. The Hall–Kier alpha value is -0.930. The second-order valence-electron chi connectivity index (χ2n) is 2.85. The molecule has 0 unspecified atom stereocenters. The minimum Gasteiger partial charge on any atom is -0.447 e. The monoisotopic (exact) mass is 233 g/mol. The van der Waals surface area contributed by atoms with E-state index in [1.165, 1.54) is 0 Å². The van der Waals surface area contributed by atoms with Crippen molar-refractivity contribution < 1.29 is 9.53 Å². The molecule has 3 nitrogen and oxygen atoms in total. The Morgan fingerprint density at radius 2 is 2.29 bits per heavy atom. The first-order valence-electron chi connectivity index (χ1n) is 3.94. The topological polar surface area (TPSA) is 38.3 Å². The van der Waals surface area contributed by atoms with Crippen molar-refractivity contribution in [3.05, 3.63) is 34.9 Å². The van der Waals surface area contributed by atoms with Crippen molar-refractivity contribution in [2.45, 2.75) is 6.04 Å². The Morgan fingerprint density at radius 1 is 1.50 bits per heavy atom. The Kier molecular flexibility index (Phi) is 3.61. The van der Waals surface area contributed by atoms with E-state index in [0.29, 0.717) is 11.6 Å². The molecule has 1 saturated heterocycles. The molecule has 0 aliphatic carbocycles. The number of amides is 1. The SMILES string of the molecule is Cl.O=C1N[C@H](c2cccc(Cl)c2)CO1. The number of ether oxygens (including phenoxy) is 1. The van der Waals surface area contributed by atoms with Crippen molar-refractivity contribution in [2.75, 3.05) is 6.61 Å². The van der Waals surface area contributed by atoms with Gasteiger partial charge in [0.1, 0.15) is 6.61 Å². The van der Waals surface area contributed by atoms with Gasteiger partial charge in [-0.25, -0.2) is 4.79 Å². The standard InChI is InChI=1S/C9H8ClNO2.ClH/c10-7-3-1-2-6(4-7)8-5-13-9(12)11-8;/h1-4,8H,5H2,(H,11,12);1H/t8-;/m0./s1. The summed E-state index contributed by atoms with van der Waals surface area (Å²) in [6.45, 7) is 0.374. The maximum atomic E-state index is 10.7. The summed E-state index contributed by atoms with van der Waals surface area (Å²) in [5.41, 5.74) is 0.971. The molecular formula is C9H9Cl2NO2. The van der Waals surface area contributed by atoms with Crippen LogP contribution in [0, 0.1) is 0 Å². The van der Waals surface area contributed by atoms with E-state index in [1.54, 1.807) is 6.07 Å². The van der Waals surface area contributed by atoms with Gasteiger partial charge in [0.25, 0.3) is 0 Å². The quantitative estimate of drug-likeness (QED) is 0.810. The lowest BCUT2D eigenvalue weighted by atomic mass is 10.1. The lowest BCUT2D eigenvalue weighted by Gasteiger charge is -2.06. The van der Waals surface area contributed by atoms with Crippen LogP contribution in [0.2, 0.25) is 5.02 Å². The van der Waals surface area contributed by atoms with Crippen LogP contribution in [0.15, 0.2) is 24.3 Å². The molecule has 1 aromatic rings. The average molecular weight is 234 g/mol. The van der Waals surface area contributed by atoms with Gasteiger partial charge in [-0.15, -0.1) is 12.4 Å². The van der Waals surface area contributed by atoms with E-state index >= 15 is 0 Å². The molecule has 0 spiro atoms. The summed E-state index contributed by atoms with van der Waals surface area (Å²) < 4.78 is 4.77. The van der Waals surface area contributed by atoms with Crippen molar-refractivity contribution in [3.63, 3.8) is 0 Å². The van der Waals surface area contributed by atoms with E-state index in [1.807, 2.05) is 18.2 Å². The van der Waals surface area contributed by atoms with E-state index in [0.717, 1.165) is 5.56 Å². The van der Waals surface area contributed by atoms with Crippen LogP contribution in [0.1, 0.15) is 11.6 Å². The van der Waals surface area contributed by atoms with Crippen molar-refractivity contribution in [1.29, 1.82) is 0 Å². The zero-order chi connectivity index (χ0) is 9.26. The number of cyclic esters (lactones) is 1. The van der Waals surface area contributed by atoms with Gasteiger partial charge in [-0.05, 0) is 17.7 Å². The second-order valence-corrected chi connectivity index (χ2v) is 3.29. The highest BCUT2D eigenvalue weighted by atomic mass is 35.5. The number of benzene rings is 1. The van der Waals surface area contributed by atoms with E-state index < -0.39 is 0 Å². The summed E-state index contributed by atoms with van der Waals surface area (Å²) in [6.07, 6.45) is -0.370. The van der Waals surface area contributed by atoms with Gasteiger partial charge >= 0.3 is 6.09 Å². The Morgan fingerprint density at radius 3 is 2.86 bits per heavy atom. The fraction of sp³-hybridized carbons (Fsp3) is 0.222. The molecule has 1 aliphatic rings. The summed E-state index contributed by atoms with van der Waals surface area (Å²) in [6, 6.07) is 7.31. The molecule has 0 saturated carbocycles. The number of hydrogen-bond acceptors (Lipinski definition) is 2. The molecule has 1 N–H and O–H groups in total. The molecule has 1 amide bonds. The first kappa shape index (κ1) is 11.1. The first-order valence-corrected chi connectivity index (χ1v) is 4.32. The van der Waals surface area contributed by atoms with Crippen LogP contribution in [0.5, 0.6) is 0 Å². The molecule has 1 heterocycles. The Labute approximate surface area is 92.8 Å². The molecule has 0 aromatic heterocycles. The summed E-state index contributed by atoms with van der Waals surface area (Å²) in [7, 11) is 0. The van der Waals surface area contributed by atoms with Crippen molar-refractivity contribution in [1.82, 2.24) is 5.32 Å². The number of carbonyl (C=O) groups is 1. The van der Waals surface area contributed by atoms with Crippen LogP contribution in [0.4, 0.5) is 4.79 Å². The number of halogens is 2. The number of hydrogen-bond donors (Lipinski definition) is 1. The maximum Gasteiger partial charge on any atom is 0.407 e. The highest BCUT2D eigenvalue weighted by Crippen LogP contribution is 2.20. The summed E-state index contributed by atoms with van der Waals surface area (Å²) in [4.78, 5) is 10.7. The van der Waals surface area contributed by atoms with Crippen LogP contribution in [0.25, 0.3) is 0 Å². The molecular weight excluding hydrogens is 225 g/mol. The average Bonchev–Trinajstić information content (AvgIpc) is 2.52. The highest BCUT2D eigenvalue weighted by molar-refractivity contribution is 6.30. The lowest BCUT2D eigenvalue weighted by molar-refractivity contribution is 0.177. The largest absolute Gasteiger partial charge is 0.447 e. The van der Waals surface area contributed by atoms with Crippen LogP contribution >= 0.6 is 24.0 Å². The van der Waals surface area contributed by atoms with Crippen LogP contribution in [-0.2, 0) is 4.74 Å². The van der Waals surface area contributed by atoms with Gasteiger partial charge in [0.05, 0.1) is 6.04 Å². The third-order valence-corrected chi connectivity index (χ3v) is 2.16. The minimum atomic E-state index is -0.370. The highest BCUT2D eigenvalue weighted by Gasteiger charge is 2.23. The van der Waals surface area contributed by atoms with Gasteiger partial charge in [-0.2, -0.15) is 0 Å². The van der Waals surface area contributed by atoms with Gasteiger partial charge < -0.3 is 10.1 Å². The molecule has 14 heavy (non-hydrogen) atoms. The zero-order valence-corrected chi connectivity index (χ0v) is 8.77. The number of rotatable bonds is 1. The first-order chi connectivity index (χ1) is 6.25. The maximum absolute atomic E-state index is 10.7. The molecule has 1 atom stereocenters. The van der Waals surface area contributed by atoms with E-state index in [4.69, 9.17) is 16.3 Å². The zero-order valence-electron chi connectivity index (χ0n) is 7.20. The third kappa shape index (κ3) is 2.30. The number of nitrogens with one attached hydrogen (secondary N) is 1. The Balaban J connectivity index is 0.000000980. The normalized spacial score (nSPS) is 19.5. The van der Waals surface area contributed by atoms with Gasteiger partial charge in [0.2, 0.25) is 0 Å². The lowest BCUT2D eigenvalue weighted by Crippen LogP contribution is -2.18. The van der Waals surface area contributed by atoms with Crippen LogP contribution < -0.4 is 5.32 Å². The van der Waals surface area contributed by atoms with Gasteiger partial charge in [0, 0.05) is 5.02 Å². The predicted molar refractivity (Wildman–Crippen MR) is 55.9 cm³/mol. The fourth-order valence-electron chi connectivity index (χ4n) is 1.29. The van der Waals surface area contributed by atoms with Gasteiger partial charge in [0.15, 0.2) is 0 Å². The van der Waals surface area contributed by atoms with Crippen LogP contribution in [0.3, 0.4) is 0 Å². The number of carbonyl (C=O) groups excluding carboxylic acids is 1. The van der Waals surface area contributed by atoms with Gasteiger partial charge in [-0.1, -0.05) is 23.7 Å². The van der Waals surface area contributed by atoms with E-state index in [-0.39, 0.29) is 24.5 Å². The predicted octanol–water partition coefficient (Wildman–Crippen LogP) is 2.54. The summed E-state index contributed by atoms with van der Waals surface area (Å²) in [5, 5.41) is 3.34. The molecule has 1 aliphatic heterocycles. The molecule has 5 heteroatoms. The molecule has 2 rings (SSSR count). The fourth-order valence-corrected chi connectivity index (χ4v) is 1.49.